The molecule has 0 aliphatic carbocycles. The predicted molar refractivity (Wildman–Crippen MR) is 104 cm³/mol. The first-order valence-corrected chi connectivity index (χ1v) is 8.87. The summed E-state index contributed by atoms with van der Waals surface area (Å²) in [4.78, 5) is 22.8. The molecular formula is C20H22ClNO5. The summed E-state index contributed by atoms with van der Waals surface area (Å²) in [5, 5.41) is 21.9. The number of phenols is 1. The van der Waals surface area contributed by atoms with Crippen LogP contribution in [0.5, 0.6) is 11.5 Å². The van der Waals surface area contributed by atoms with Crippen molar-refractivity contribution in [2.75, 3.05) is 11.9 Å². The van der Waals surface area contributed by atoms with Crippen LogP contribution < -0.4 is 10.1 Å². The van der Waals surface area contributed by atoms with Gasteiger partial charge in [-0.2, -0.15) is 0 Å². The molecule has 0 bridgehead atoms. The third kappa shape index (κ3) is 6.18. The molecule has 0 saturated carbocycles. The number of carboxylic acids is 1. The Morgan fingerprint density at radius 3 is 2.44 bits per heavy atom. The number of carbonyl (C=O) groups is 2. The Morgan fingerprint density at radius 1 is 1.15 bits per heavy atom. The highest BCUT2D eigenvalue weighted by atomic mass is 35.5. The first kappa shape index (κ1) is 20.6. The van der Waals surface area contributed by atoms with Gasteiger partial charge >= 0.3 is 5.97 Å². The average molecular weight is 392 g/mol. The van der Waals surface area contributed by atoms with Crippen LogP contribution in [-0.4, -0.2) is 28.7 Å². The van der Waals surface area contributed by atoms with E-state index in [1.165, 1.54) is 18.2 Å². The minimum Gasteiger partial charge on any atom is -0.506 e. The van der Waals surface area contributed by atoms with Gasteiger partial charge in [0.15, 0.2) is 0 Å². The van der Waals surface area contributed by atoms with Crippen LogP contribution in [0.2, 0.25) is 5.02 Å². The molecule has 0 fully saturated rings. The number of benzene rings is 2. The number of phenolic OH excluding ortho intramolecular Hbond substituents is 1. The molecule has 0 saturated heterocycles. The van der Waals surface area contributed by atoms with E-state index in [-0.39, 0.29) is 30.2 Å². The van der Waals surface area contributed by atoms with Crippen LogP contribution in [0.15, 0.2) is 30.3 Å². The lowest BCUT2D eigenvalue weighted by molar-refractivity contribution is -0.136. The molecule has 2 aromatic rings. The highest BCUT2D eigenvalue weighted by molar-refractivity contribution is 6.32. The van der Waals surface area contributed by atoms with Crippen molar-refractivity contribution in [3.8, 4) is 11.5 Å². The first-order chi connectivity index (χ1) is 12.8. The van der Waals surface area contributed by atoms with E-state index in [0.717, 1.165) is 11.1 Å². The number of anilines is 1. The van der Waals surface area contributed by atoms with E-state index >= 15 is 0 Å². The minimum atomic E-state index is -0.984. The van der Waals surface area contributed by atoms with Gasteiger partial charge < -0.3 is 20.3 Å². The van der Waals surface area contributed by atoms with Crippen LogP contribution in [0, 0.1) is 13.8 Å². The van der Waals surface area contributed by atoms with Gasteiger partial charge in [-0.25, -0.2) is 0 Å². The maximum absolute atomic E-state index is 12.1. The number of hydrogen-bond acceptors (Lipinski definition) is 4. The lowest BCUT2D eigenvalue weighted by Crippen LogP contribution is -2.13. The van der Waals surface area contributed by atoms with Crippen LogP contribution in [0.3, 0.4) is 0 Å². The second-order valence-electron chi connectivity index (χ2n) is 6.29. The number of rotatable bonds is 8. The lowest BCUT2D eigenvalue weighted by atomic mass is 10.1. The van der Waals surface area contributed by atoms with Crippen LogP contribution in [0.4, 0.5) is 5.69 Å². The standard InChI is InChI=1S/C20H22ClNO5/c1-12-8-15(9-13(2)20(12)21)27-7-3-4-18(24)22-16-10-14(11-19(25)26)5-6-17(16)23/h5-6,8-10,23H,3-4,7,11H2,1-2H3,(H,22,24)(H,25,26). The number of aliphatic carboxylic acids is 1. The largest absolute Gasteiger partial charge is 0.506 e. The highest BCUT2D eigenvalue weighted by Crippen LogP contribution is 2.26. The molecule has 2 rings (SSSR count). The molecule has 0 aliphatic rings. The second kappa shape index (κ2) is 9.28. The summed E-state index contributed by atoms with van der Waals surface area (Å²) in [7, 11) is 0. The van der Waals surface area contributed by atoms with Gasteiger partial charge in [-0.3, -0.25) is 9.59 Å². The van der Waals surface area contributed by atoms with E-state index in [0.29, 0.717) is 29.4 Å². The van der Waals surface area contributed by atoms with E-state index in [1.54, 1.807) is 0 Å². The zero-order chi connectivity index (χ0) is 20.0. The van der Waals surface area contributed by atoms with Gasteiger partial charge in [0, 0.05) is 11.4 Å². The third-order valence-corrected chi connectivity index (χ3v) is 4.51. The molecule has 6 nitrogen and oxygen atoms in total. The SMILES string of the molecule is Cc1cc(OCCCC(=O)Nc2cc(CC(=O)O)ccc2O)cc(C)c1Cl. The van der Waals surface area contributed by atoms with Gasteiger partial charge in [-0.15, -0.1) is 0 Å². The zero-order valence-corrected chi connectivity index (χ0v) is 16.0. The summed E-state index contributed by atoms with van der Waals surface area (Å²) in [5.41, 5.74) is 2.55. The van der Waals surface area contributed by atoms with E-state index in [1.807, 2.05) is 26.0 Å². The highest BCUT2D eigenvalue weighted by Gasteiger charge is 2.10. The smallest absolute Gasteiger partial charge is 0.307 e. The Labute approximate surface area is 162 Å². The van der Waals surface area contributed by atoms with Crippen molar-refractivity contribution in [3.05, 3.63) is 52.0 Å². The molecule has 27 heavy (non-hydrogen) atoms. The normalized spacial score (nSPS) is 10.5. The van der Waals surface area contributed by atoms with Crippen molar-refractivity contribution in [2.45, 2.75) is 33.1 Å². The van der Waals surface area contributed by atoms with Gasteiger partial charge in [0.2, 0.25) is 5.91 Å². The van der Waals surface area contributed by atoms with E-state index < -0.39 is 5.97 Å². The monoisotopic (exact) mass is 391 g/mol. The van der Waals surface area contributed by atoms with Crippen molar-refractivity contribution in [1.82, 2.24) is 0 Å². The fourth-order valence-corrected chi connectivity index (χ4v) is 2.70. The number of hydrogen-bond donors (Lipinski definition) is 3. The number of nitrogens with one attached hydrogen (secondary N) is 1. The maximum atomic E-state index is 12.1. The average Bonchev–Trinajstić information content (AvgIpc) is 2.59. The quantitative estimate of drug-likeness (QED) is 0.465. The molecule has 1 amide bonds. The molecule has 0 radical (unpaired) electrons. The molecule has 0 aliphatic heterocycles. The summed E-state index contributed by atoms with van der Waals surface area (Å²) in [5.74, 6) is -0.678. The van der Waals surface area contributed by atoms with Crippen molar-refractivity contribution in [2.24, 2.45) is 0 Å². The fourth-order valence-electron chi connectivity index (χ4n) is 2.59. The predicted octanol–water partition coefficient (Wildman–Crippen LogP) is 4.09. The molecule has 144 valence electrons. The van der Waals surface area contributed by atoms with Crippen molar-refractivity contribution in [1.29, 1.82) is 0 Å². The Balaban J connectivity index is 1.84. The summed E-state index contributed by atoms with van der Waals surface area (Å²) in [6.45, 7) is 4.17. The molecule has 0 atom stereocenters. The van der Waals surface area contributed by atoms with Gasteiger partial charge in [-0.1, -0.05) is 17.7 Å². The number of carboxylic acid groups (broad SMARTS) is 1. The summed E-state index contributed by atoms with van der Waals surface area (Å²) < 4.78 is 5.66. The number of ether oxygens (including phenoxy) is 1. The number of aromatic hydroxyl groups is 1. The Morgan fingerprint density at radius 2 is 1.81 bits per heavy atom. The van der Waals surface area contributed by atoms with Gasteiger partial charge in [0.25, 0.3) is 0 Å². The molecule has 7 heteroatoms. The van der Waals surface area contributed by atoms with E-state index in [2.05, 4.69) is 5.32 Å². The van der Waals surface area contributed by atoms with Crippen molar-refractivity contribution < 1.29 is 24.5 Å². The van der Waals surface area contributed by atoms with Gasteiger partial charge in [0.05, 0.1) is 18.7 Å². The Kier molecular flexibility index (Phi) is 7.07. The Bertz CT molecular complexity index is 827. The Hall–Kier alpha value is -2.73. The van der Waals surface area contributed by atoms with Crippen LogP contribution >= 0.6 is 11.6 Å². The molecule has 2 aromatic carbocycles. The van der Waals surface area contributed by atoms with Gasteiger partial charge in [0.1, 0.15) is 11.5 Å². The molecule has 0 unspecified atom stereocenters. The number of amides is 1. The molecule has 3 N–H and O–H groups in total. The maximum Gasteiger partial charge on any atom is 0.307 e. The fraction of sp³-hybridized carbons (Fsp3) is 0.300. The summed E-state index contributed by atoms with van der Waals surface area (Å²) >= 11 is 6.12. The molecule has 0 heterocycles. The number of carbonyl (C=O) groups excluding carboxylic acids is 1. The second-order valence-corrected chi connectivity index (χ2v) is 6.67. The molecule has 0 spiro atoms. The van der Waals surface area contributed by atoms with Crippen molar-refractivity contribution in [3.63, 3.8) is 0 Å². The first-order valence-electron chi connectivity index (χ1n) is 8.49. The number of halogens is 1. The van der Waals surface area contributed by atoms with E-state index in [4.69, 9.17) is 21.4 Å². The summed E-state index contributed by atoms with van der Waals surface area (Å²) in [6.07, 6.45) is 0.507. The topological polar surface area (TPSA) is 95.9 Å². The van der Waals surface area contributed by atoms with Crippen LogP contribution in [-0.2, 0) is 16.0 Å². The molecular weight excluding hydrogens is 370 g/mol. The minimum absolute atomic E-state index is 0.110. The van der Waals surface area contributed by atoms with Gasteiger partial charge in [-0.05, 0) is 61.2 Å². The zero-order valence-electron chi connectivity index (χ0n) is 15.2. The summed E-state index contributed by atoms with van der Waals surface area (Å²) in [6, 6.07) is 8.02. The molecule has 0 aromatic heterocycles. The van der Waals surface area contributed by atoms with Crippen molar-refractivity contribution >= 4 is 29.2 Å². The number of aryl methyl sites for hydroxylation is 2. The van der Waals surface area contributed by atoms with E-state index in [9.17, 15) is 14.7 Å². The third-order valence-electron chi connectivity index (χ3n) is 3.92. The van der Waals surface area contributed by atoms with Crippen LogP contribution in [0.1, 0.15) is 29.5 Å². The lowest BCUT2D eigenvalue weighted by Gasteiger charge is -2.11. The van der Waals surface area contributed by atoms with Crippen LogP contribution in [0.25, 0.3) is 0 Å².